The average Bonchev–Trinajstić information content (AvgIpc) is 3.11. The van der Waals surface area contributed by atoms with E-state index in [2.05, 4.69) is 79.1 Å². The van der Waals surface area contributed by atoms with Crippen molar-refractivity contribution < 1.29 is 37.9 Å². The highest BCUT2D eigenvalue weighted by molar-refractivity contribution is 7.46. The minimum atomic E-state index is -4.77. The Balaban J connectivity index is 3.98. The number of allylic oxidation sites excluding steroid dienone is 12. The summed E-state index contributed by atoms with van der Waals surface area (Å²) in [7, 11) is -4.77. The molecule has 1 atom stereocenters. The van der Waals surface area contributed by atoms with Crippen LogP contribution in [0.1, 0.15) is 168 Å². The predicted octanol–water partition coefficient (Wildman–Crippen LogP) is 12.3. The van der Waals surface area contributed by atoms with Crippen molar-refractivity contribution in [1.29, 1.82) is 0 Å². The maximum absolute atomic E-state index is 12.3. The number of ether oxygens (including phenoxy) is 2. The van der Waals surface area contributed by atoms with E-state index in [9.17, 15) is 14.2 Å². The number of rotatable bonds is 36. The lowest BCUT2D eigenvalue weighted by Crippen LogP contribution is -2.29. The monoisotopic (exact) mass is 749 g/mol. The van der Waals surface area contributed by atoms with Gasteiger partial charge in [0.25, 0.3) is 0 Å². The Morgan fingerprint density at radius 2 is 0.962 bits per heavy atom. The predicted molar refractivity (Wildman–Crippen MR) is 216 cm³/mol. The zero-order valence-electron chi connectivity index (χ0n) is 32.7. The first-order valence-electron chi connectivity index (χ1n) is 20.2. The van der Waals surface area contributed by atoms with Crippen molar-refractivity contribution in [3.63, 3.8) is 0 Å². The Kier molecular flexibility index (Phi) is 36.4. The molecule has 0 amide bonds. The summed E-state index contributed by atoms with van der Waals surface area (Å²) in [5, 5.41) is 0. The van der Waals surface area contributed by atoms with Crippen LogP contribution in [0.2, 0.25) is 0 Å². The summed E-state index contributed by atoms with van der Waals surface area (Å²) >= 11 is 0. The van der Waals surface area contributed by atoms with Gasteiger partial charge in [-0.3, -0.25) is 14.1 Å². The van der Waals surface area contributed by atoms with Gasteiger partial charge in [0.1, 0.15) is 6.61 Å². The maximum Gasteiger partial charge on any atom is 0.469 e. The van der Waals surface area contributed by atoms with Crippen molar-refractivity contribution in [3.8, 4) is 0 Å². The molecule has 9 heteroatoms. The minimum Gasteiger partial charge on any atom is -0.462 e. The molecule has 0 saturated heterocycles. The molecule has 0 bridgehead atoms. The van der Waals surface area contributed by atoms with Crippen LogP contribution in [0.3, 0.4) is 0 Å². The highest BCUT2D eigenvalue weighted by atomic mass is 31.2. The van der Waals surface area contributed by atoms with E-state index in [1.54, 1.807) is 0 Å². The third-order valence-electron chi connectivity index (χ3n) is 8.22. The molecule has 0 aliphatic heterocycles. The van der Waals surface area contributed by atoms with Crippen LogP contribution in [0.4, 0.5) is 0 Å². The molecule has 52 heavy (non-hydrogen) atoms. The Bertz CT molecular complexity index is 1070. The summed E-state index contributed by atoms with van der Waals surface area (Å²) in [5.74, 6) is -0.989. The maximum atomic E-state index is 12.3. The normalized spacial score (nSPS) is 13.2. The lowest BCUT2D eigenvalue weighted by atomic mass is 10.1. The SMILES string of the molecule is CC/C=C\C/C=C\C/C=C\C/C=C\CCC(=O)OC(COC(=O)CCCCCCCCCCC/C=C\C/C=C\CCCCCCC)COP(=O)(O)O. The molecule has 0 aliphatic rings. The van der Waals surface area contributed by atoms with Crippen molar-refractivity contribution in [2.75, 3.05) is 13.2 Å². The summed E-state index contributed by atoms with van der Waals surface area (Å²) in [5.41, 5.74) is 0. The summed E-state index contributed by atoms with van der Waals surface area (Å²) in [6.07, 6.45) is 49.3. The average molecular weight is 749 g/mol. The second kappa shape index (κ2) is 38.2. The minimum absolute atomic E-state index is 0.0867. The molecule has 0 rings (SSSR count). The van der Waals surface area contributed by atoms with Crippen LogP contribution < -0.4 is 0 Å². The summed E-state index contributed by atoms with van der Waals surface area (Å²) in [4.78, 5) is 42.7. The number of esters is 2. The third kappa shape index (κ3) is 40.3. The molecule has 0 spiro atoms. The molecular formula is C43H73O8P. The molecule has 0 heterocycles. The standard InChI is InChI=1S/C43H73O8P/c1-3-5-7-9-11-13-15-17-18-19-20-21-22-23-24-26-27-29-31-33-35-37-42(44)49-39-41(40-50-52(46,47)48)51-43(45)38-36-34-32-30-28-25-16-14-12-10-8-6-4-2/h6,8,12,14-15,17,19-20,25,28,32,34,41H,3-5,7,9-11,13,16,18,21-24,26-27,29-31,33,35-40H2,1-2H3,(H2,46,47,48)/b8-6-,14-12-,17-15-,20-19-,28-25-,34-32-. The van der Waals surface area contributed by atoms with Gasteiger partial charge in [-0.2, -0.15) is 0 Å². The van der Waals surface area contributed by atoms with Crippen LogP contribution in [0.15, 0.2) is 72.9 Å². The molecule has 0 aromatic heterocycles. The number of unbranched alkanes of at least 4 members (excludes halogenated alkanes) is 14. The van der Waals surface area contributed by atoms with E-state index in [1.165, 1.54) is 70.6 Å². The van der Waals surface area contributed by atoms with Crippen LogP contribution in [0.25, 0.3) is 0 Å². The van der Waals surface area contributed by atoms with E-state index < -0.39 is 32.5 Å². The molecule has 2 N–H and O–H groups in total. The van der Waals surface area contributed by atoms with Gasteiger partial charge in [0.05, 0.1) is 6.61 Å². The zero-order valence-corrected chi connectivity index (χ0v) is 33.6. The Hall–Kier alpha value is -2.51. The number of hydrogen-bond acceptors (Lipinski definition) is 6. The van der Waals surface area contributed by atoms with E-state index in [1.807, 2.05) is 12.2 Å². The van der Waals surface area contributed by atoms with E-state index in [0.717, 1.165) is 57.8 Å². The second-order valence-electron chi connectivity index (χ2n) is 13.2. The molecule has 8 nitrogen and oxygen atoms in total. The summed E-state index contributed by atoms with van der Waals surface area (Å²) in [6.45, 7) is 3.48. The molecule has 0 aromatic carbocycles. The number of hydrogen-bond donors (Lipinski definition) is 2. The van der Waals surface area contributed by atoms with E-state index in [0.29, 0.717) is 12.8 Å². The summed E-state index contributed by atoms with van der Waals surface area (Å²) in [6, 6.07) is 0. The van der Waals surface area contributed by atoms with Crippen LogP contribution >= 0.6 is 7.82 Å². The number of carbonyl (C=O) groups excluding carboxylic acids is 2. The second-order valence-corrected chi connectivity index (χ2v) is 14.5. The smallest absolute Gasteiger partial charge is 0.462 e. The Labute approximate surface area is 317 Å². The zero-order chi connectivity index (χ0) is 38.2. The first-order valence-corrected chi connectivity index (χ1v) is 21.8. The highest BCUT2D eigenvalue weighted by Gasteiger charge is 2.22. The lowest BCUT2D eigenvalue weighted by molar-refractivity contribution is -0.161. The van der Waals surface area contributed by atoms with E-state index in [4.69, 9.17) is 19.3 Å². The van der Waals surface area contributed by atoms with Gasteiger partial charge in [-0.25, -0.2) is 4.57 Å². The van der Waals surface area contributed by atoms with Gasteiger partial charge in [0.2, 0.25) is 0 Å². The first kappa shape index (κ1) is 49.5. The number of phosphoric ester groups is 1. The van der Waals surface area contributed by atoms with Crippen molar-refractivity contribution in [2.24, 2.45) is 0 Å². The van der Waals surface area contributed by atoms with Gasteiger partial charge in [-0.05, 0) is 70.6 Å². The van der Waals surface area contributed by atoms with Crippen molar-refractivity contribution in [1.82, 2.24) is 0 Å². The molecule has 0 aliphatic carbocycles. The van der Waals surface area contributed by atoms with E-state index >= 15 is 0 Å². The molecule has 0 saturated carbocycles. The molecule has 0 aromatic rings. The Morgan fingerprint density at radius 3 is 1.46 bits per heavy atom. The third-order valence-corrected chi connectivity index (χ3v) is 8.71. The van der Waals surface area contributed by atoms with Crippen LogP contribution in [-0.4, -0.2) is 41.0 Å². The molecule has 1 unspecified atom stereocenters. The first-order chi connectivity index (χ1) is 25.3. The summed E-state index contributed by atoms with van der Waals surface area (Å²) < 4.78 is 26.2. The number of carbonyl (C=O) groups is 2. The van der Waals surface area contributed by atoms with Gasteiger partial charge in [-0.1, -0.05) is 157 Å². The van der Waals surface area contributed by atoms with Gasteiger partial charge < -0.3 is 19.3 Å². The fraction of sp³-hybridized carbons (Fsp3) is 0.674. The van der Waals surface area contributed by atoms with Crippen molar-refractivity contribution >= 4 is 19.8 Å². The fourth-order valence-electron chi connectivity index (χ4n) is 5.24. The molecule has 0 radical (unpaired) electrons. The van der Waals surface area contributed by atoms with Gasteiger partial charge in [0.15, 0.2) is 6.10 Å². The van der Waals surface area contributed by atoms with Crippen LogP contribution in [-0.2, 0) is 28.2 Å². The lowest BCUT2D eigenvalue weighted by Gasteiger charge is -2.18. The van der Waals surface area contributed by atoms with Gasteiger partial charge >= 0.3 is 19.8 Å². The van der Waals surface area contributed by atoms with Crippen molar-refractivity contribution in [3.05, 3.63) is 72.9 Å². The fourth-order valence-corrected chi connectivity index (χ4v) is 5.60. The van der Waals surface area contributed by atoms with Crippen molar-refractivity contribution in [2.45, 2.75) is 174 Å². The quantitative estimate of drug-likeness (QED) is 0.0281. The largest absolute Gasteiger partial charge is 0.469 e. The van der Waals surface area contributed by atoms with Crippen LogP contribution in [0, 0.1) is 0 Å². The molecule has 298 valence electrons. The van der Waals surface area contributed by atoms with Gasteiger partial charge in [-0.15, -0.1) is 0 Å². The Morgan fingerprint density at radius 1 is 0.519 bits per heavy atom. The number of phosphoric acid groups is 1. The molecule has 0 fully saturated rings. The van der Waals surface area contributed by atoms with Gasteiger partial charge in [0, 0.05) is 12.8 Å². The van der Waals surface area contributed by atoms with Crippen LogP contribution in [0.5, 0.6) is 0 Å². The van der Waals surface area contributed by atoms with E-state index in [-0.39, 0.29) is 19.4 Å². The molecular weight excluding hydrogens is 675 g/mol. The highest BCUT2D eigenvalue weighted by Crippen LogP contribution is 2.36. The topological polar surface area (TPSA) is 119 Å².